The van der Waals surface area contributed by atoms with Crippen molar-refractivity contribution >= 4 is 11.9 Å². The van der Waals surface area contributed by atoms with Gasteiger partial charge in [0.15, 0.2) is 0 Å². The fourth-order valence-corrected chi connectivity index (χ4v) is 2.94. The molecule has 2 atom stereocenters. The van der Waals surface area contributed by atoms with Crippen LogP contribution >= 0.6 is 0 Å². The first-order valence-electron chi connectivity index (χ1n) is 6.76. The van der Waals surface area contributed by atoms with E-state index in [1.165, 1.54) is 5.57 Å². The van der Waals surface area contributed by atoms with E-state index in [1.54, 1.807) is 0 Å². The predicted octanol–water partition coefficient (Wildman–Crippen LogP) is 2.06. The molecule has 0 aromatic rings. The van der Waals surface area contributed by atoms with Gasteiger partial charge < -0.3 is 10.0 Å². The van der Waals surface area contributed by atoms with E-state index in [4.69, 9.17) is 5.11 Å². The Kier molecular flexibility index (Phi) is 4.04. The van der Waals surface area contributed by atoms with Crippen LogP contribution in [0.25, 0.3) is 0 Å². The maximum Gasteiger partial charge on any atom is 0.306 e. The van der Waals surface area contributed by atoms with E-state index in [1.807, 2.05) is 4.90 Å². The number of piperidine rings is 1. The Morgan fingerprint density at radius 3 is 2.39 bits per heavy atom. The Morgan fingerprint density at radius 1 is 1.17 bits per heavy atom. The summed E-state index contributed by atoms with van der Waals surface area (Å²) in [6, 6.07) is 0. The van der Waals surface area contributed by atoms with Crippen molar-refractivity contribution in [2.45, 2.75) is 38.5 Å². The lowest BCUT2D eigenvalue weighted by Gasteiger charge is -2.34. The minimum absolute atomic E-state index is 0.0776. The van der Waals surface area contributed by atoms with Gasteiger partial charge in [-0.1, -0.05) is 18.6 Å². The number of carbonyl (C=O) groups is 2. The number of likely N-dealkylation sites (tertiary alicyclic amines) is 1. The maximum atomic E-state index is 12.3. The quantitative estimate of drug-likeness (QED) is 0.764. The molecule has 0 aromatic heterocycles. The number of carbonyl (C=O) groups excluding carboxylic acids is 1. The van der Waals surface area contributed by atoms with Gasteiger partial charge in [0, 0.05) is 19.0 Å². The number of carboxylic acid groups (broad SMARTS) is 1. The summed E-state index contributed by atoms with van der Waals surface area (Å²) < 4.78 is 0. The molecule has 1 amide bonds. The predicted molar refractivity (Wildman–Crippen MR) is 68.0 cm³/mol. The molecule has 100 valence electrons. The van der Waals surface area contributed by atoms with E-state index < -0.39 is 5.97 Å². The maximum absolute atomic E-state index is 12.3. The number of hydrogen-bond acceptors (Lipinski definition) is 2. The minimum Gasteiger partial charge on any atom is -0.481 e. The van der Waals surface area contributed by atoms with Crippen LogP contribution in [0.2, 0.25) is 0 Å². The summed E-state index contributed by atoms with van der Waals surface area (Å²) in [5.41, 5.74) is 1.21. The molecule has 0 aromatic carbocycles. The van der Waals surface area contributed by atoms with Gasteiger partial charge in [0.1, 0.15) is 0 Å². The lowest BCUT2D eigenvalue weighted by Crippen LogP contribution is -2.42. The summed E-state index contributed by atoms with van der Waals surface area (Å²) in [5, 5.41) is 9.05. The van der Waals surface area contributed by atoms with Crippen molar-refractivity contribution in [1.29, 1.82) is 0 Å². The number of aliphatic carboxylic acids is 1. The van der Waals surface area contributed by atoms with Crippen LogP contribution in [0.4, 0.5) is 0 Å². The van der Waals surface area contributed by atoms with Gasteiger partial charge in [-0.05, 0) is 32.1 Å². The number of nitrogens with zero attached hydrogens (tertiary/aromatic N) is 1. The highest BCUT2D eigenvalue weighted by Crippen LogP contribution is 2.31. The standard InChI is InChI=1S/C14H21NO3/c1-10-5-7-15(8-6-10)13(16)11-3-2-4-12(9-11)14(17)18/h11-12H,1-9H2,(H,17,18). The van der Waals surface area contributed by atoms with Gasteiger partial charge in [0.2, 0.25) is 5.91 Å². The molecule has 18 heavy (non-hydrogen) atoms. The van der Waals surface area contributed by atoms with Gasteiger partial charge in [-0.25, -0.2) is 0 Å². The van der Waals surface area contributed by atoms with Crippen molar-refractivity contribution in [3.05, 3.63) is 12.2 Å². The molecule has 1 N–H and O–H groups in total. The van der Waals surface area contributed by atoms with Gasteiger partial charge in [-0.3, -0.25) is 9.59 Å². The molecule has 1 saturated heterocycles. The molecular weight excluding hydrogens is 230 g/mol. The Hall–Kier alpha value is -1.32. The molecule has 0 spiro atoms. The largest absolute Gasteiger partial charge is 0.481 e. The van der Waals surface area contributed by atoms with E-state index in [0.717, 1.165) is 45.2 Å². The molecule has 2 rings (SSSR count). The zero-order valence-corrected chi connectivity index (χ0v) is 10.7. The number of carboxylic acids is 1. The lowest BCUT2D eigenvalue weighted by atomic mass is 9.80. The van der Waals surface area contributed by atoms with Gasteiger partial charge in [0.05, 0.1) is 5.92 Å². The number of hydrogen-bond donors (Lipinski definition) is 1. The van der Waals surface area contributed by atoms with E-state index >= 15 is 0 Å². The smallest absolute Gasteiger partial charge is 0.306 e. The third-order valence-electron chi connectivity index (χ3n) is 4.15. The zero-order chi connectivity index (χ0) is 13.1. The van der Waals surface area contributed by atoms with Gasteiger partial charge >= 0.3 is 5.97 Å². The van der Waals surface area contributed by atoms with E-state index in [-0.39, 0.29) is 17.7 Å². The zero-order valence-electron chi connectivity index (χ0n) is 10.7. The van der Waals surface area contributed by atoms with E-state index in [9.17, 15) is 9.59 Å². The molecule has 2 aliphatic rings. The van der Waals surface area contributed by atoms with Crippen LogP contribution in [-0.2, 0) is 9.59 Å². The summed E-state index contributed by atoms with van der Waals surface area (Å²) in [4.78, 5) is 25.2. The molecule has 0 bridgehead atoms. The second-order valence-corrected chi connectivity index (χ2v) is 5.47. The fourth-order valence-electron chi connectivity index (χ4n) is 2.94. The molecule has 1 heterocycles. The van der Waals surface area contributed by atoms with Crippen LogP contribution < -0.4 is 0 Å². The van der Waals surface area contributed by atoms with E-state index in [0.29, 0.717) is 6.42 Å². The molecule has 4 heteroatoms. The molecule has 0 radical (unpaired) electrons. The summed E-state index contributed by atoms with van der Waals surface area (Å²) in [7, 11) is 0. The first kappa shape index (κ1) is 13.1. The Balaban J connectivity index is 1.92. The van der Waals surface area contributed by atoms with Crippen LogP contribution in [0.5, 0.6) is 0 Å². The third kappa shape index (κ3) is 2.92. The van der Waals surface area contributed by atoms with Crippen LogP contribution in [0, 0.1) is 11.8 Å². The first-order valence-corrected chi connectivity index (χ1v) is 6.76. The molecule has 2 unspecified atom stereocenters. The van der Waals surface area contributed by atoms with Crippen molar-refractivity contribution < 1.29 is 14.7 Å². The lowest BCUT2D eigenvalue weighted by molar-refractivity contribution is -0.145. The monoisotopic (exact) mass is 251 g/mol. The SMILES string of the molecule is C=C1CCN(C(=O)C2CCCC(C(=O)O)C2)CC1. The summed E-state index contributed by atoms with van der Waals surface area (Å²) in [6.45, 7) is 5.45. The summed E-state index contributed by atoms with van der Waals surface area (Å²) in [6.07, 6.45) is 4.72. The Bertz CT molecular complexity index is 354. The average Bonchev–Trinajstić information content (AvgIpc) is 2.39. The molecule has 1 aliphatic carbocycles. The van der Waals surface area contributed by atoms with Gasteiger partial charge in [-0.15, -0.1) is 0 Å². The van der Waals surface area contributed by atoms with Crippen LogP contribution in [-0.4, -0.2) is 35.0 Å². The normalized spacial score (nSPS) is 29.1. The van der Waals surface area contributed by atoms with Gasteiger partial charge in [-0.2, -0.15) is 0 Å². The van der Waals surface area contributed by atoms with Crippen molar-refractivity contribution in [2.24, 2.45) is 11.8 Å². The van der Waals surface area contributed by atoms with Crippen LogP contribution in [0.15, 0.2) is 12.2 Å². The molecule has 4 nitrogen and oxygen atoms in total. The number of rotatable bonds is 2. The van der Waals surface area contributed by atoms with Crippen molar-refractivity contribution in [3.63, 3.8) is 0 Å². The summed E-state index contributed by atoms with van der Waals surface area (Å²) >= 11 is 0. The first-order chi connectivity index (χ1) is 8.58. The molecule has 1 saturated carbocycles. The second-order valence-electron chi connectivity index (χ2n) is 5.47. The van der Waals surface area contributed by atoms with E-state index in [2.05, 4.69) is 6.58 Å². The third-order valence-corrected chi connectivity index (χ3v) is 4.15. The second kappa shape index (κ2) is 5.55. The topological polar surface area (TPSA) is 57.6 Å². The Labute approximate surface area is 108 Å². The Morgan fingerprint density at radius 2 is 1.78 bits per heavy atom. The molecule has 1 aliphatic heterocycles. The van der Waals surface area contributed by atoms with Gasteiger partial charge in [0.25, 0.3) is 0 Å². The fraction of sp³-hybridized carbons (Fsp3) is 0.714. The summed E-state index contributed by atoms with van der Waals surface area (Å²) in [5.74, 6) is -0.994. The van der Waals surface area contributed by atoms with Crippen molar-refractivity contribution in [2.75, 3.05) is 13.1 Å². The van der Waals surface area contributed by atoms with Crippen LogP contribution in [0.1, 0.15) is 38.5 Å². The highest BCUT2D eigenvalue weighted by atomic mass is 16.4. The highest BCUT2D eigenvalue weighted by molar-refractivity contribution is 5.80. The average molecular weight is 251 g/mol. The van der Waals surface area contributed by atoms with Crippen molar-refractivity contribution in [3.8, 4) is 0 Å². The molecule has 2 fully saturated rings. The van der Waals surface area contributed by atoms with Crippen LogP contribution in [0.3, 0.4) is 0 Å². The molecular formula is C14H21NO3. The highest BCUT2D eigenvalue weighted by Gasteiger charge is 2.33. The minimum atomic E-state index is -0.750. The van der Waals surface area contributed by atoms with Crippen molar-refractivity contribution in [1.82, 2.24) is 4.90 Å². The number of amides is 1.